The molecular formula is C12H9BrF2N2OS. The number of nitrogens with two attached hydrogens (primary N) is 1. The van der Waals surface area contributed by atoms with Crippen molar-refractivity contribution in [2.45, 2.75) is 10.6 Å². The van der Waals surface area contributed by atoms with Gasteiger partial charge < -0.3 is 5.73 Å². The highest BCUT2D eigenvalue weighted by atomic mass is 79.9. The maximum atomic E-state index is 13.6. The normalized spacial score (nSPS) is 12.4. The van der Waals surface area contributed by atoms with Crippen molar-refractivity contribution in [2.75, 3.05) is 5.73 Å². The summed E-state index contributed by atoms with van der Waals surface area (Å²) < 4.78 is 39.9. The number of anilines is 1. The van der Waals surface area contributed by atoms with Crippen molar-refractivity contribution in [3.63, 3.8) is 0 Å². The first-order valence-electron chi connectivity index (χ1n) is 5.20. The van der Waals surface area contributed by atoms with Crippen molar-refractivity contribution in [3.05, 3.63) is 52.3 Å². The molecule has 7 heteroatoms. The maximum absolute atomic E-state index is 13.6. The molecule has 0 amide bonds. The van der Waals surface area contributed by atoms with E-state index in [1.54, 1.807) is 12.1 Å². The number of nitrogens with zero attached hydrogens (tertiary/aromatic N) is 1. The molecule has 0 radical (unpaired) electrons. The van der Waals surface area contributed by atoms with Crippen LogP contribution in [0.4, 0.5) is 14.5 Å². The van der Waals surface area contributed by atoms with Crippen LogP contribution in [0.25, 0.3) is 0 Å². The van der Waals surface area contributed by atoms with Crippen LogP contribution in [0.3, 0.4) is 0 Å². The summed E-state index contributed by atoms with van der Waals surface area (Å²) in [6.07, 6.45) is 1.53. The van der Waals surface area contributed by atoms with E-state index in [0.717, 1.165) is 16.6 Å². The molecular weight excluding hydrogens is 338 g/mol. The third kappa shape index (κ3) is 3.36. The van der Waals surface area contributed by atoms with Crippen molar-refractivity contribution in [3.8, 4) is 0 Å². The van der Waals surface area contributed by atoms with E-state index >= 15 is 0 Å². The Balaban J connectivity index is 2.28. The third-order valence-corrected chi connectivity index (χ3v) is 4.19. The van der Waals surface area contributed by atoms with Crippen LogP contribution in [0.5, 0.6) is 0 Å². The Kier molecular flexibility index (Phi) is 4.26. The average Bonchev–Trinajstić information content (AvgIpc) is 2.30. The number of hydrogen-bond donors (Lipinski definition) is 1. The molecule has 0 bridgehead atoms. The minimum absolute atomic E-state index is 0.0440. The molecule has 0 aliphatic heterocycles. The highest BCUT2D eigenvalue weighted by Gasteiger charge is 2.17. The maximum Gasteiger partial charge on any atom is 0.144 e. The van der Waals surface area contributed by atoms with Gasteiger partial charge in [0.05, 0.1) is 22.2 Å². The zero-order chi connectivity index (χ0) is 14.0. The Hall–Kier alpha value is -1.34. The lowest BCUT2D eigenvalue weighted by Crippen LogP contribution is -2.05. The molecule has 1 unspecified atom stereocenters. The van der Waals surface area contributed by atoms with Gasteiger partial charge in [0, 0.05) is 16.4 Å². The number of hydrogen-bond acceptors (Lipinski definition) is 3. The standard InChI is InChI=1S/C12H9BrF2N2OS/c13-7-1-2-9(17-5-7)6-19(18)12-10(14)3-8(16)4-11(12)15/h1-5H,6,16H2. The Labute approximate surface area is 119 Å². The molecule has 1 aromatic carbocycles. The smallest absolute Gasteiger partial charge is 0.144 e. The highest BCUT2D eigenvalue weighted by Crippen LogP contribution is 2.22. The van der Waals surface area contributed by atoms with Crippen LogP contribution in [-0.2, 0) is 16.6 Å². The van der Waals surface area contributed by atoms with Gasteiger partial charge in [-0.3, -0.25) is 9.19 Å². The van der Waals surface area contributed by atoms with E-state index in [0.29, 0.717) is 5.69 Å². The minimum Gasteiger partial charge on any atom is -0.399 e. The fourth-order valence-electron chi connectivity index (χ4n) is 1.50. The van der Waals surface area contributed by atoms with Crippen LogP contribution in [0.1, 0.15) is 5.69 Å². The topological polar surface area (TPSA) is 56.0 Å². The molecule has 2 aromatic rings. The van der Waals surface area contributed by atoms with E-state index in [4.69, 9.17) is 5.73 Å². The largest absolute Gasteiger partial charge is 0.399 e. The second-order valence-corrected chi connectivity index (χ2v) is 6.07. The number of pyridine rings is 1. The molecule has 0 spiro atoms. The number of nitrogen functional groups attached to an aromatic ring is 1. The molecule has 1 heterocycles. The molecule has 1 atom stereocenters. The lowest BCUT2D eigenvalue weighted by molar-refractivity contribution is 0.535. The van der Waals surface area contributed by atoms with Crippen LogP contribution < -0.4 is 5.73 Å². The van der Waals surface area contributed by atoms with Gasteiger partial charge in [0.1, 0.15) is 16.5 Å². The van der Waals surface area contributed by atoms with Crippen molar-refractivity contribution in [2.24, 2.45) is 0 Å². The van der Waals surface area contributed by atoms with Crippen molar-refractivity contribution in [1.29, 1.82) is 0 Å². The molecule has 0 aliphatic carbocycles. The molecule has 19 heavy (non-hydrogen) atoms. The van der Waals surface area contributed by atoms with Gasteiger partial charge in [-0.15, -0.1) is 0 Å². The van der Waals surface area contributed by atoms with Crippen LogP contribution in [0.15, 0.2) is 39.8 Å². The summed E-state index contributed by atoms with van der Waals surface area (Å²) in [6, 6.07) is 5.25. The zero-order valence-electron chi connectivity index (χ0n) is 9.57. The van der Waals surface area contributed by atoms with Gasteiger partial charge >= 0.3 is 0 Å². The van der Waals surface area contributed by atoms with Crippen LogP contribution >= 0.6 is 15.9 Å². The van der Waals surface area contributed by atoms with Gasteiger partial charge in [-0.2, -0.15) is 0 Å². The van der Waals surface area contributed by atoms with E-state index in [-0.39, 0.29) is 11.4 Å². The second kappa shape index (κ2) is 5.75. The lowest BCUT2D eigenvalue weighted by Gasteiger charge is -2.06. The number of halogens is 3. The van der Waals surface area contributed by atoms with Gasteiger partial charge in [-0.05, 0) is 40.2 Å². The fraction of sp³-hybridized carbons (Fsp3) is 0.0833. The summed E-state index contributed by atoms with van der Waals surface area (Å²) >= 11 is 3.22. The van der Waals surface area contributed by atoms with Crippen LogP contribution in [-0.4, -0.2) is 9.19 Å². The third-order valence-electron chi connectivity index (χ3n) is 2.32. The predicted octanol–water partition coefficient (Wildman–Crippen LogP) is 3.01. The molecule has 0 saturated carbocycles. The molecule has 0 saturated heterocycles. The summed E-state index contributed by atoms with van der Waals surface area (Å²) in [5, 5.41) is 0. The van der Waals surface area contributed by atoms with Gasteiger partial charge in [-0.25, -0.2) is 8.78 Å². The van der Waals surface area contributed by atoms with Gasteiger partial charge in [-0.1, -0.05) is 0 Å². The van der Waals surface area contributed by atoms with E-state index in [9.17, 15) is 13.0 Å². The van der Waals surface area contributed by atoms with Crippen molar-refractivity contribution in [1.82, 2.24) is 4.98 Å². The van der Waals surface area contributed by atoms with E-state index in [2.05, 4.69) is 20.9 Å². The van der Waals surface area contributed by atoms with Crippen molar-refractivity contribution >= 4 is 32.4 Å². The SMILES string of the molecule is Nc1cc(F)c(S(=O)Cc2ccc(Br)cn2)c(F)c1. The molecule has 2 N–H and O–H groups in total. The van der Waals surface area contributed by atoms with Crippen LogP contribution in [0.2, 0.25) is 0 Å². The summed E-state index contributed by atoms with van der Waals surface area (Å²) in [6.45, 7) is 0. The van der Waals surface area contributed by atoms with Gasteiger partial charge in [0.2, 0.25) is 0 Å². The van der Waals surface area contributed by atoms with E-state index in [1.807, 2.05) is 0 Å². The summed E-state index contributed by atoms with van der Waals surface area (Å²) in [5.41, 5.74) is 5.74. The molecule has 2 rings (SSSR count). The zero-order valence-corrected chi connectivity index (χ0v) is 12.0. The van der Waals surface area contributed by atoms with E-state index < -0.39 is 27.3 Å². The molecule has 3 nitrogen and oxygen atoms in total. The molecule has 0 fully saturated rings. The quantitative estimate of drug-likeness (QED) is 0.869. The predicted molar refractivity (Wildman–Crippen MR) is 72.8 cm³/mol. The molecule has 1 aromatic heterocycles. The number of aromatic nitrogens is 1. The Morgan fingerprint density at radius 2 is 1.89 bits per heavy atom. The molecule has 100 valence electrons. The Bertz CT molecular complexity index is 611. The summed E-state index contributed by atoms with van der Waals surface area (Å²) in [5.74, 6) is -1.88. The summed E-state index contributed by atoms with van der Waals surface area (Å²) in [4.78, 5) is 3.54. The van der Waals surface area contributed by atoms with Gasteiger partial charge in [0.15, 0.2) is 0 Å². The van der Waals surface area contributed by atoms with Crippen molar-refractivity contribution < 1.29 is 13.0 Å². The number of rotatable bonds is 3. The average molecular weight is 347 g/mol. The first-order valence-corrected chi connectivity index (χ1v) is 7.32. The second-order valence-electron chi connectivity index (χ2n) is 3.77. The fourth-order valence-corrected chi connectivity index (χ4v) is 2.87. The summed E-state index contributed by atoms with van der Waals surface area (Å²) in [7, 11) is -1.86. The monoisotopic (exact) mass is 346 g/mol. The lowest BCUT2D eigenvalue weighted by atomic mass is 10.3. The first kappa shape index (κ1) is 14.1. The molecule has 0 aliphatic rings. The number of benzene rings is 1. The van der Waals surface area contributed by atoms with Crippen LogP contribution in [0, 0.1) is 11.6 Å². The first-order chi connectivity index (χ1) is 8.97. The highest BCUT2D eigenvalue weighted by molar-refractivity contribution is 9.10. The minimum atomic E-state index is -1.86. The Morgan fingerprint density at radius 3 is 2.42 bits per heavy atom. The van der Waals surface area contributed by atoms with E-state index in [1.165, 1.54) is 6.20 Å². The van der Waals surface area contributed by atoms with Gasteiger partial charge in [0.25, 0.3) is 0 Å². The Morgan fingerprint density at radius 1 is 1.26 bits per heavy atom.